The zero-order valence-corrected chi connectivity index (χ0v) is 12.9. The van der Waals surface area contributed by atoms with Crippen LogP contribution in [-0.2, 0) is 4.74 Å². The largest absolute Gasteiger partial charge is 0.381 e. The Morgan fingerprint density at radius 3 is 2.70 bits per heavy atom. The topological polar surface area (TPSA) is 37.4 Å². The van der Waals surface area contributed by atoms with Gasteiger partial charge in [-0.1, -0.05) is 13.0 Å². The van der Waals surface area contributed by atoms with Gasteiger partial charge in [-0.3, -0.25) is 0 Å². The lowest BCUT2D eigenvalue weighted by Gasteiger charge is -2.32. The molecule has 0 aromatic carbocycles. The van der Waals surface area contributed by atoms with Gasteiger partial charge in [0, 0.05) is 32.4 Å². The zero-order chi connectivity index (χ0) is 14.4. The van der Waals surface area contributed by atoms with Gasteiger partial charge in [0.05, 0.1) is 6.10 Å². The van der Waals surface area contributed by atoms with E-state index in [1.54, 1.807) is 7.11 Å². The number of rotatable bonds is 6. The lowest BCUT2D eigenvalue weighted by molar-refractivity contribution is 0.0818. The summed E-state index contributed by atoms with van der Waals surface area (Å²) in [5.41, 5.74) is 1.26. The summed E-state index contributed by atoms with van der Waals surface area (Å²) in [4.78, 5) is 6.98. The highest BCUT2D eigenvalue weighted by atomic mass is 16.5. The van der Waals surface area contributed by atoms with Gasteiger partial charge in [0.2, 0.25) is 0 Å². The van der Waals surface area contributed by atoms with Crippen LogP contribution in [0.5, 0.6) is 0 Å². The van der Waals surface area contributed by atoms with Gasteiger partial charge in [-0.05, 0) is 44.4 Å². The molecule has 1 unspecified atom stereocenters. The van der Waals surface area contributed by atoms with Crippen LogP contribution >= 0.6 is 0 Å². The third-order valence-electron chi connectivity index (χ3n) is 4.07. The number of methoxy groups -OCH3 is 1. The summed E-state index contributed by atoms with van der Waals surface area (Å²) in [5, 5.41) is 3.49. The minimum Gasteiger partial charge on any atom is -0.381 e. The van der Waals surface area contributed by atoms with E-state index in [9.17, 15) is 0 Å². The summed E-state index contributed by atoms with van der Waals surface area (Å²) in [6, 6.07) is 4.71. The van der Waals surface area contributed by atoms with Crippen LogP contribution in [0.1, 0.15) is 44.7 Å². The average Bonchev–Trinajstić information content (AvgIpc) is 2.53. The second kappa shape index (κ2) is 7.60. The van der Waals surface area contributed by atoms with E-state index in [4.69, 9.17) is 4.74 Å². The molecular weight excluding hydrogens is 250 g/mol. The maximum Gasteiger partial charge on any atom is 0.128 e. The fraction of sp³-hybridized carbons (Fsp3) is 0.688. The van der Waals surface area contributed by atoms with Gasteiger partial charge in [0.25, 0.3) is 0 Å². The second-order valence-electron chi connectivity index (χ2n) is 5.55. The van der Waals surface area contributed by atoms with Gasteiger partial charge in [-0.25, -0.2) is 4.98 Å². The zero-order valence-electron chi connectivity index (χ0n) is 12.9. The number of ether oxygens (including phenoxy) is 1. The Labute approximate surface area is 122 Å². The molecule has 0 radical (unpaired) electrons. The molecule has 0 amide bonds. The van der Waals surface area contributed by atoms with E-state index in [1.807, 2.05) is 6.20 Å². The summed E-state index contributed by atoms with van der Waals surface area (Å²) >= 11 is 0. The number of pyridine rings is 1. The second-order valence-corrected chi connectivity index (χ2v) is 5.55. The number of nitrogens with zero attached hydrogens (tertiary/aromatic N) is 2. The van der Waals surface area contributed by atoms with Crippen molar-refractivity contribution in [3.05, 3.63) is 23.9 Å². The normalized spacial score (nSPS) is 18.2. The van der Waals surface area contributed by atoms with E-state index in [2.05, 4.69) is 41.2 Å². The molecule has 0 saturated carbocycles. The van der Waals surface area contributed by atoms with Crippen LogP contribution < -0.4 is 10.2 Å². The molecule has 1 fully saturated rings. The van der Waals surface area contributed by atoms with Crippen LogP contribution in [0.4, 0.5) is 5.82 Å². The van der Waals surface area contributed by atoms with Gasteiger partial charge in [-0.15, -0.1) is 0 Å². The molecule has 0 aliphatic carbocycles. The van der Waals surface area contributed by atoms with Crippen molar-refractivity contribution in [2.75, 3.05) is 31.6 Å². The predicted molar refractivity (Wildman–Crippen MR) is 83.2 cm³/mol. The van der Waals surface area contributed by atoms with Crippen LogP contribution in [0.3, 0.4) is 0 Å². The summed E-state index contributed by atoms with van der Waals surface area (Å²) in [6.45, 7) is 7.50. The maximum atomic E-state index is 5.41. The quantitative estimate of drug-likeness (QED) is 0.867. The summed E-state index contributed by atoms with van der Waals surface area (Å²) in [6.07, 6.45) is 5.77. The predicted octanol–water partition coefficient (Wildman–Crippen LogP) is 2.76. The van der Waals surface area contributed by atoms with Crippen molar-refractivity contribution in [3.63, 3.8) is 0 Å². The van der Waals surface area contributed by atoms with E-state index >= 15 is 0 Å². The van der Waals surface area contributed by atoms with Gasteiger partial charge in [0.15, 0.2) is 0 Å². The standard InChI is InChI=1S/C16H27N3O/c1-4-9-17-13(2)14-5-6-16(18-12-14)19-10-7-15(20-3)8-11-19/h5-6,12-13,15,17H,4,7-11H2,1-3H3. The highest BCUT2D eigenvalue weighted by Crippen LogP contribution is 2.21. The van der Waals surface area contributed by atoms with Gasteiger partial charge < -0.3 is 15.0 Å². The molecule has 4 nitrogen and oxygen atoms in total. The van der Waals surface area contributed by atoms with Gasteiger partial charge in [-0.2, -0.15) is 0 Å². The van der Waals surface area contributed by atoms with Crippen molar-refractivity contribution < 1.29 is 4.74 Å². The van der Waals surface area contributed by atoms with Crippen LogP contribution in [0.15, 0.2) is 18.3 Å². The molecule has 1 atom stereocenters. The third kappa shape index (κ3) is 3.93. The van der Waals surface area contributed by atoms with Gasteiger partial charge >= 0.3 is 0 Å². The Morgan fingerprint density at radius 1 is 1.40 bits per heavy atom. The Morgan fingerprint density at radius 2 is 2.15 bits per heavy atom. The first-order valence-electron chi connectivity index (χ1n) is 7.71. The van der Waals surface area contributed by atoms with Crippen LogP contribution in [0, 0.1) is 0 Å². The summed E-state index contributed by atoms with van der Waals surface area (Å²) in [7, 11) is 1.80. The van der Waals surface area contributed by atoms with E-state index in [-0.39, 0.29) is 0 Å². The molecule has 4 heteroatoms. The molecule has 1 aliphatic heterocycles. The van der Waals surface area contributed by atoms with E-state index in [0.29, 0.717) is 12.1 Å². The third-order valence-corrected chi connectivity index (χ3v) is 4.07. The van der Waals surface area contributed by atoms with E-state index < -0.39 is 0 Å². The van der Waals surface area contributed by atoms with Crippen molar-refractivity contribution in [2.24, 2.45) is 0 Å². The lowest BCUT2D eigenvalue weighted by Crippen LogP contribution is -2.37. The van der Waals surface area contributed by atoms with Crippen LogP contribution in [-0.4, -0.2) is 37.8 Å². The van der Waals surface area contributed by atoms with Crippen molar-refractivity contribution in [1.29, 1.82) is 0 Å². The molecule has 1 saturated heterocycles. The number of nitrogens with one attached hydrogen (secondary N) is 1. The van der Waals surface area contributed by atoms with Crippen molar-refractivity contribution in [2.45, 2.75) is 45.3 Å². The highest BCUT2D eigenvalue weighted by Gasteiger charge is 2.19. The fourth-order valence-corrected chi connectivity index (χ4v) is 2.64. The first-order valence-corrected chi connectivity index (χ1v) is 7.71. The minimum atomic E-state index is 0.371. The van der Waals surface area contributed by atoms with Crippen molar-refractivity contribution in [1.82, 2.24) is 10.3 Å². The molecule has 2 rings (SSSR count). The van der Waals surface area contributed by atoms with Gasteiger partial charge in [0.1, 0.15) is 5.82 Å². The summed E-state index contributed by atoms with van der Waals surface area (Å²) < 4.78 is 5.41. The Bertz CT molecular complexity index is 385. The molecule has 0 bridgehead atoms. The van der Waals surface area contributed by atoms with E-state index in [0.717, 1.165) is 44.7 Å². The average molecular weight is 277 g/mol. The monoisotopic (exact) mass is 277 g/mol. The molecule has 112 valence electrons. The lowest BCUT2D eigenvalue weighted by atomic mass is 10.1. The molecule has 1 aliphatic rings. The van der Waals surface area contributed by atoms with E-state index in [1.165, 1.54) is 5.56 Å². The molecule has 1 aromatic heterocycles. The van der Waals surface area contributed by atoms with Crippen molar-refractivity contribution >= 4 is 5.82 Å². The minimum absolute atomic E-state index is 0.371. The number of hydrogen-bond donors (Lipinski definition) is 1. The fourth-order valence-electron chi connectivity index (χ4n) is 2.64. The molecule has 1 aromatic rings. The first-order chi connectivity index (χ1) is 9.74. The maximum absolute atomic E-state index is 5.41. The molecule has 2 heterocycles. The molecular formula is C16H27N3O. The summed E-state index contributed by atoms with van der Waals surface area (Å²) in [5.74, 6) is 1.09. The molecule has 1 N–H and O–H groups in total. The van der Waals surface area contributed by atoms with Crippen LogP contribution in [0.2, 0.25) is 0 Å². The number of anilines is 1. The number of piperidine rings is 1. The van der Waals surface area contributed by atoms with Crippen molar-refractivity contribution in [3.8, 4) is 0 Å². The Kier molecular flexibility index (Phi) is 5.80. The SMILES string of the molecule is CCCNC(C)c1ccc(N2CCC(OC)CC2)nc1. The highest BCUT2D eigenvalue weighted by molar-refractivity contribution is 5.40. The Hall–Kier alpha value is -1.13. The number of aromatic nitrogens is 1. The smallest absolute Gasteiger partial charge is 0.128 e. The Balaban J connectivity index is 1.91. The first kappa shape index (κ1) is 15.3. The number of hydrogen-bond acceptors (Lipinski definition) is 4. The molecule has 0 spiro atoms. The molecule has 20 heavy (non-hydrogen) atoms. The van der Waals surface area contributed by atoms with Crippen LogP contribution in [0.25, 0.3) is 0 Å².